The van der Waals surface area contributed by atoms with E-state index in [-0.39, 0.29) is 0 Å². The van der Waals surface area contributed by atoms with Crippen molar-refractivity contribution < 1.29 is 9.90 Å². The van der Waals surface area contributed by atoms with Gasteiger partial charge in [0.05, 0.1) is 11.8 Å². The van der Waals surface area contributed by atoms with Crippen LogP contribution in [-0.2, 0) is 0 Å². The van der Waals surface area contributed by atoms with Gasteiger partial charge in [-0.3, -0.25) is 5.10 Å². The maximum Gasteiger partial charge on any atom is 0.335 e. The Morgan fingerprint density at radius 2 is 1.83 bits per heavy atom. The van der Waals surface area contributed by atoms with Crippen LogP contribution in [-0.4, -0.2) is 21.3 Å². The van der Waals surface area contributed by atoms with Crippen LogP contribution < -0.4 is 0 Å². The molecule has 0 aliphatic carbocycles. The molecule has 2 aromatic carbocycles. The Morgan fingerprint density at radius 1 is 1.06 bits per heavy atom. The molecule has 0 bridgehead atoms. The number of benzene rings is 2. The van der Waals surface area contributed by atoms with Gasteiger partial charge in [0, 0.05) is 11.8 Å². The second-order valence-electron chi connectivity index (χ2n) is 4.07. The molecule has 0 unspecified atom stereocenters. The quantitative estimate of drug-likeness (QED) is 0.721. The van der Waals surface area contributed by atoms with E-state index in [2.05, 4.69) is 10.2 Å². The molecular formula is C14H10N2O2. The van der Waals surface area contributed by atoms with E-state index in [9.17, 15) is 4.79 Å². The Hall–Kier alpha value is -2.62. The summed E-state index contributed by atoms with van der Waals surface area (Å²) in [6, 6.07) is 11.0. The van der Waals surface area contributed by atoms with E-state index in [0.717, 1.165) is 21.9 Å². The average molecular weight is 238 g/mol. The highest BCUT2D eigenvalue weighted by molar-refractivity contribution is 5.95. The highest BCUT2D eigenvalue weighted by Crippen LogP contribution is 2.24. The molecule has 3 rings (SSSR count). The molecule has 0 aliphatic heterocycles. The van der Waals surface area contributed by atoms with Crippen LogP contribution in [0.1, 0.15) is 10.4 Å². The predicted octanol–water partition coefficient (Wildman–Crippen LogP) is 2.93. The Balaban J connectivity index is 2.14. The smallest absolute Gasteiger partial charge is 0.335 e. The molecule has 0 spiro atoms. The zero-order valence-electron chi connectivity index (χ0n) is 9.42. The minimum absolute atomic E-state index is 0.304. The monoisotopic (exact) mass is 238 g/mol. The van der Waals surface area contributed by atoms with Crippen molar-refractivity contribution in [1.29, 1.82) is 0 Å². The number of hydrogen-bond donors (Lipinski definition) is 2. The number of carboxylic acids is 1. The van der Waals surface area contributed by atoms with Gasteiger partial charge in [-0.1, -0.05) is 18.2 Å². The highest BCUT2D eigenvalue weighted by atomic mass is 16.4. The number of carbonyl (C=O) groups is 1. The third-order valence-electron chi connectivity index (χ3n) is 2.92. The molecule has 1 heterocycles. The number of aromatic amines is 1. The largest absolute Gasteiger partial charge is 0.478 e. The molecule has 2 N–H and O–H groups in total. The molecule has 18 heavy (non-hydrogen) atoms. The molecule has 0 atom stereocenters. The summed E-state index contributed by atoms with van der Waals surface area (Å²) in [5.74, 6) is -0.907. The zero-order chi connectivity index (χ0) is 12.5. The number of nitrogens with one attached hydrogen (secondary N) is 1. The summed E-state index contributed by atoms with van der Waals surface area (Å²) >= 11 is 0. The van der Waals surface area contributed by atoms with E-state index < -0.39 is 5.97 Å². The number of carboxylic acid groups (broad SMARTS) is 1. The molecule has 0 saturated heterocycles. The molecule has 0 amide bonds. The van der Waals surface area contributed by atoms with Crippen LogP contribution >= 0.6 is 0 Å². The van der Waals surface area contributed by atoms with Gasteiger partial charge in [-0.05, 0) is 34.5 Å². The van der Waals surface area contributed by atoms with Crippen LogP contribution in [0.2, 0.25) is 0 Å². The number of aromatic nitrogens is 2. The Labute approximate surface area is 103 Å². The van der Waals surface area contributed by atoms with Crippen molar-refractivity contribution >= 4 is 16.7 Å². The number of rotatable bonds is 2. The first kappa shape index (κ1) is 10.5. The van der Waals surface area contributed by atoms with E-state index in [0.29, 0.717) is 5.56 Å². The van der Waals surface area contributed by atoms with E-state index in [1.807, 2.05) is 30.5 Å². The molecular weight excluding hydrogens is 228 g/mol. The Bertz CT molecular complexity index is 718. The Kier molecular flexibility index (Phi) is 2.34. The van der Waals surface area contributed by atoms with E-state index in [1.54, 1.807) is 18.3 Å². The van der Waals surface area contributed by atoms with E-state index in [1.165, 1.54) is 0 Å². The van der Waals surface area contributed by atoms with Crippen LogP contribution in [0.3, 0.4) is 0 Å². The molecule has 88 valence electrons. The van der Waals surface area contributed by atoms with Crippen molar-refractivity contribution in [2.45, 2.75) is 0 Å². The van der Waals surface area contributed by atoms with Crippen molar-refractivity contribution in [2.24, 2.45) is 0 Å². The van der Waals surface area contributed by atoms with Crippen molar-refractivity contribution in [2.75, 3.05) is 0 Å². The van der Waals surface area contributed by atoms with Crippen molar-refractivity contribution in [3.05, 3.63) is 54.4 Å². The van der Waals surface area contributed by atoms with Gasteiger partial charge >= 0.3 is 5.97 Å². The van der Waals surface area contributed by atoms with Crippen molar-refractivity contribution in [1.82, 2.24) is 10.2 Å². The summed E-state index contributed by atoms with van der Waals surface area (Å²) in [4.78, 5) is 10.9. The summed E-state index contributed by atoms with van der Waals surface area (Å²) in [6.45, 7) is 0. The van der Waals surface area contributed by atoms with Gasteiger partial charge in [-0.15, -0.1) is 0 Å². The summed E-state index contributed by atoms with van der Waals surface area (Å²) in [6.07, 6.45) is 3.58. The summed E-state index contributed by atoms with van der Waals surface area (Å²) in [5, 5.41) is 17.6. The third-order valence-corrected chi connectivity index (χ3v) is 2.92. The second kappa shape index (κ2) is 4.00. The fraction of sp³-hybridized carbons (Fsp3) is 0. The van der Waals surface area contributed by atoms with Gasteiger partial charge in [0.1, 0.15) is 0 Å². The highest BCUT2D eigenvalue weighted by Gasteiger charge is 2.05. The first-order valence-electron chi connectivity index (χ1n) is 5.50. The third kappa shape index (κ3) is 1.73. The van der Waals surface area contributed by atoms with E-state index >= 15 is 0 Å². The normalized spacial score (nSPS) is 10.7. The molecule has 0 fully saturated rings. The SMILES string of the molecule is O=C(O)c1ccc2cc(-c3cn[nH]c3)ccc2c1. The Morgan fingerprint density at radius 3 is 2.56 bits per heavy atom. The minimum atomic E-state index is -0.907. The van der Waals surface area contributed by atoms with Gasteiger partial charge in [0.2, 0.25) is 0 Å². The van der Waals surface area contributed by atoms with Gasteiger partial charge in [-0.2, -0.15) is 5.10 Å². The van der Waals surface area contributed by atoms with Gasteiger partial charge in [-0.25, -0.2) is 4.79 Å². The average Bonchev–Trinajstić information content (AvgIpc) is 2.91. The van der Waals surface area contributed by atoms with Gasteiger partial charge in [0.15, 0.2) is 0 Å². The number of nitrogens with zero attached hydrogens (tertiary/aromatic N) is 1. The van der Waals surface area contributed by atoms with Crippen LogP contribution in [0.25, 0.3) is 21.9 Å². The molecule has 4 nitrogen and oxygen atoms in total. The topological polar surface area (TPSA) is 66.0 Å². The minimum Gasteiger partial charge on any atom is -0.478 e. The molecule has 1 aromatic heterocycles. The maximum atomic E-state index is 10.9. The summed E-state index contributed by atoms with van der Waals surface area (Å²) in [7, 11) is 0. The molecule has 3 aromatic rings. The van der Waals surface area contributed by atoms with Crippen molar-refractivity contribution in [3.63, 3.8) is 0 Å². The number of hydrogen-bond acceptors (Lipinski definition) is 2. The lowest BCUT2D eigenvalue weighted by atomic mass is 10.0. The fourth-order valence-corrected chi connectivity index (χ4v) is 1.97. The molecule has 0 radical (unpaired) electrons. The summed E-state index contributed by atoms with van der Waals surface area (Å²) < 4.78 is 0. The number of fused-ring (bicyclic) bond motifs is 1. The standard InChI is InChI=1S/C14H10N2O2/c17-14(18)12-4-3-9-5-11(2-1-10(9)6-12)13-7-15-16-8-13/h1-8H,(H,15,16)(H,17,18). The predicted molar refractivity (Wildman–Crippen MR) is 68.5 cm³/mol. The van der Waals surface area contributed by atoms with Crippen LogP contribution in [0, 0.1) is 0 Å². The van der Waals surface area contributed by atoms with Crippen molar-refractivity contribution in [3.8, 4) is 11.1 Å². The van der Waals surface area contributed by atoms with Crippen LogP contribution in [0.4, 0.5) is 0 Å². The van der Waals surface area contributed by atoms with Crippen LogP contribution in [0.5, 0.6) is 0 Å². The number of H-pyrrole nitrogens is 1. The lowest BCUT2D eigenvalue weighted by Crippen LogP contribution is -1.95. The maximum absolute atomic E-state index is 10.9. The van der Waals surface area contributed by atoms with Gasteiger partial charge in [0.25, 0.3) is 0 Å². The first-order chi connectivity index (χ1) is 8.74. The van der Waals surface area contributed by atoms with E-state index in [4.69, 9.17) is 5.11 Å². The molecule has 4 heteroatoms. The fourth-order valence-electron chi connectivity index (χ4n) is 1.97. The second-order valence-corrected chi connectivity index (χ2v) is 4.07. The first-order valence-corrected chi connectivity index (χ1v) is 5.50. The lowest BCUT2D eigenvalue weighted by molar-refractivity contribution is 0.0697. The van der Waals surface area contributed by atoms with Gasteiger partial charge < -0.3 is 5.11 Å². The lowest BCUT2D eigenvalue weighted by Gasteiger charge is -2.03. The number of aromatic carboxylic acids is 1. The molecule has 0 aliphatic rings. The molecule has 0 saturated carbocycles. The summed E-state index contributed by atoms with van der Waals surface area (Å²) in [5.41, 5.74) is 2.37. The zero-order valence-corrected chi connectivity index (χ0v) is 9.42. The van der Waals surface area contributed by atoms with Crippen LogP contribution in [0.15, 0.2) is 48.8 Å².